The quantitative estimate of drug-likeness (QED) is 0.727. The van der Waals surface area contributed by atoms with Crippen molar-refractivity contribution < 1.29 is 4.79 Å². The Balaban J connectivity index is 2.95. The molecule has 6 heteroatoms. The van der Waals surface area contributed by atoms with Crippen LogP contribution in [0.4, 0.5) is 0 Å². The average Bonchev–Trinajstić information content (AvgIpc) is 2.31. The number of carbonyl (C=O) groups excluding carboxylic acids is 1. The van der Waals surface area contributed by atoms with Gasteiger partial charge >= 0.3 is 0 Å². The van der Waals surface area contributed by atoms with Crippen LogP contribution in [0.1, 0.15) is 10.4 Å². The zero-order valence-corrected chi connectivity index (χ0v) is 12.8. The van der Waals surface area contributed by atoms with Gasteiger partial charge in [0.05, 0.1) is 10.6 Å². The zero-order valence-electron chi connectivity index (χ0n) is 8.93. The van der Waals surface area contributed by atoms with Gasteiger partial charge in [-0.2, -0.15) is 0 Å². The summed E-state index contributed by atoms with van der Waals surface area (Å²) in [4.78, 5) is 13.8. The summed E-state index contributed by atoms with van der Waals surface area (Å²) in [5.41, 5.74) is 0.455. The molecule has 0 saturated carbocycles. The van der Waals surface area contributed by atoms with E-state index in [1.807, 2.05) is 0 Å². The van der Waals surface area contributed by atoms with Crippen LogP contribution in [0.3, 0.4) is 0 Å². The van der Waals surface area contributed by atoms with Crippen molar-refractivity contribution in [2.24, 2.45) is 0 Å². The maximum absolute atomic E-state index is 12.2. The van der Waals surface area contributed by atoms with Crippen LogP contribution in [0.2, 0.25) is 5.02 Å². The zero-order chi connectivity index (χ0) is 12.8. The van der Waals surface area contributed by atoms with Gasteiger partial charge in [0.25, 0.3) is 5.91 Å². The number of amides is 1. The molecule has 2 nitrogen and oxygen atoms in total. The van der Waals surface area contributed by atoms with Crippen molar-refractivity contribution in [3.05, 3.63) is 33.3 Å². The summed E-state index contributed by atoms with van der Waals surface area (Å²) in [5, 5.41) is 0.423. The van der Waals surface area contributed by atoms with Crippen molar-refractivity contribution >= 4 is 56.6 Å². The first-order valence-corrected chi connectivity index (χ1v) is 7.20. The van der Waals surface area contributed by atoms with Gasteiger partial charge in [-0.1, -0.05) is 27.5 Å². The van der Waals surface area contributed by atoms with Crippen molar-refractivity contribution in [3.8, 4) is 0 Å². The Morgan fingerprint density at radius 3 is 2.35 bits per heavy atom. The first kappa shape index (κ1) is 15.1. The summed E-state index contributed by atoms with van der Waals surface area (Å²) < 4.78 is 0.807. The molecular weight excluding hydrogens is 348 g/mol. The highest BCUT2D eigenvalue weighted by molar-refractivity contribution is 9.10. The number of benzene rings is 1. The number of carbonyl (C=O) groups is 1. The Kier molecular flexibility index (Phi) is 6.63. The lowest BCUT2D eigenvalue weighted by molar-refractivity contribution is 0.0775. The van der Waals surface area contributed by atoms with Gasteiger partial charge in [-0.15, -0.1) is 23.2 Å². The molecular formula is C11H11BrCl3NO. The highest BCUT2D eigenvalue weighted by Crippen LogP contribution is 2.22. The van der Waals surface area contributed by atoms with E-state index in [-0.39, 0.29) is 5.91 Å². The number of nitrogens with zero attached hydrogens (tertiary/aromatic N) is 1. The lowest BCUT2D eigenvalue weighted by Gasteiger charge is -2.21. The minimum Gasteiger partial charge on any atom is -0.336 e. The Hall–Kier alpha value is 0.0400. The second kappa shape index (κ2) is 7.47. The molecule has 0 bridgehead atoms. The van der Waals surface area contributed by atoms with Gasteiger partial charge in [0.15, 0.2) is 0 Å². The molecule has 0 spiro atoms. The minimum absolute atomic E-state index is 0.155. The van der Waals surface area contributed by atoms with E-state index < -0.39 is 0 Å². The molecule has 0 N–H and O–H groups in total. The van der Waals surface area contributed by atoms with E-state index in [2.05, 4.69) is 15.9 Å². The number of alkyl halides is 2. The molecule has 0 atom stereocenters. The topological polar surface area (TPSA) is 20.3 Å². The summed E-state index contributed by atoms with van der Waals surface area (Å²) in [6.45, 7) is 0.909. The van der Waals surface area contributed by atoms with E-state index in [4.69, 9.17) is 34.8 Å². The fourth-order valence-electron chi connectivity index (χ4n) is 1.35. The summed E-state index contributed by atoms with van der Waals surface area (Å²) in [6, 6.07) is 5.16. The molecule has 1 rings (SSSR count). The summed E-state index contributed by atoms with van der Waals surface area (Å²) in [5.74, 6) is 0.584. The molecule has 0 radical (unpaired) electrons. The molecule has 0 fully saturated rings. The number of rotatable bonds is 5. The fourth-order valence-corrected chi connectivity index (χ4v) is 2.32. The van der Waals surface area contributed by atoms with Crippen LogP contribution in [0.5, 0.6) is 0 Å². The SMILES string of the molecule is O=C(c1cc(Br)ccc1Cl)N(CCCl)CCCl. The summed E-state index contributed by atoms with van der Waals surface area (Å²) in [6.07, 6.45) is 0. The highest BCUT2D eigenvalue weighted by Gasteiger charge is 2.17. The van der Waals surface area contributed by atoms with E-state index >= 15 is 0 Å². The maximum Gasteiger partial charge on any atom is 0.255 e. The lowest BCUT2D eigenvalue weighted by atomic mass is 10.2. The number of hydrogen-bond acceptors (Lipinski definition) is 1. The normalized spacial score (nSPS) is 10.4. The first-order chi connectivity index (χ1) is 8.10. The predicted molar refractivity (Wildman–Crippen MR) is 76.5 cm³/mol. The van der Waals surface area contributed by atoms with Gasteiger partial charge in [-0.25, -0.2) is 0 Å². The second-order valence-electron chi connectivity index (χ2n) is 3.29. The monoisotopic (exact) mass is 357 g/mol. The van der Waals surface area contributed by atoms with Crippen LogP contribution in [0.25, 0.3) is 0 Å². The Morgan fingerprint density at radius 1 is 1.24 bits per heavy atom. The molecule has 0 aliphatic heterocycles. The Morgan fingerprint density at radius 2 is 1.82 bits per heavy atom. The van der Waals surface area contributed by atoms with Gasteiger partial charge < -0.3 is 4.90 Å². The van der Waals surface area contributed by atoms with Crippen LogP contribution in [-0.2, 0) is 0 Å². The van der Waals surface area contributed by atoms with Crippen molar-refractivity contribution in [2.45, 2.75) is 0 Å². The molecule has 0 aliphatic rings. The van der Waals surface area contributed by atoms with E-state index in [9.17, 15) is 4.79 Å². The van der Waals surface area contributed by atoms with Gasteiger partial charge in [-0.3, -0.25) is 4.79 Å². The smallest absolute Gasteiger partial charge is 0.255 e. The minimum atomic E-state index is -0.155. The van der Waals surface area contributed by atoms with Gasteiger partial charge in [0.2, 0.25) is 0 Å². The van der Waals surface area contributed by atoms with E-state index in [1.54, 1.807) is 23.1 Å². The van der Waals surface area contributed by atoms with Gasteiger partial charge in [0, 0.05) is 29.3 Å². The average molecular weight is 359 g/mol. The van der Waals surface area contributed by atoms with Gasteiger partial charge in [-0.05, 0) is 18.2 Å². The van der Waals surface area contributed by atoms with Gasteiger partial charge in [0.1, 0.15) is 0 Å². The molecule has 17 heavy (non-hydrogen) atoms. The fraction of sp³-hybridized carbons (Fsp3) is 0.364. The Labute approximate surface area is 124 Å². The van der Waals surface area contributed by atoms with E-state index in [0.717, 1.165) is 4.47 Å². The number of hydrogen-bond donors (Lipinski definition) is 0. The van der Waals surface area contributed by atoms with Crippen molar-refractivity contribution in [2.75, 3.05) is 24.8 Å². The standard InChI is InChI=1S/C11H11BrCl3NO/c12-8-1-2-10(15)9(7-8)11(17)16(5-3-13)6-4-14/h1-2,7H,3-6H2. The molecule has 1 aromatic rings. The molecule has 0 unspecified atom stereocenters. The third-order valence-electron chi connectivity index (χ3n) is 2.15. The first-order valence-electron chi connectivity index (χ1n) is 4.96. The Bertz CT molecular complexity index is 394. The lowest BCUT2D eigenvalue weighted by Crippen LogP contribution is -2.34. The van der Waals surface area contributed by atoms with Crippen molar-refractivity contribution in [1.29, 1.82) is 0 Å². The van der Waals surface area contributed by atoms with Crippen LogP contribution >= 0.6 is 50.7 Å². The van der Waals surface area contributed by atoms with Crippen LogP contribution in [-0.4, -0.2) is 35.7 Å². The van der Waals surface area contributed by atoms with Crippen molar-refractivity contribution in [3.63, 3.8) is 0 Å². The molecule has 0 saturated heterocycles. The molecule has 1 aromatic carbocycles. The van der Waals surface area contributed by atoms with E-state index in [1.165, 1.54) is 0 Å². The number of halogens is 4. The highest BCUT2D eigenvalue weighted by atomic mass is 79.9. The maximum atomic E-state index is 12.2. The molecule has 94 valence electrons. The largest absolute Gasteiger partial charge is 0.336 e. The molecule has 1 amide bonds. The van der Waals surface area contributed by atoms with Crippen LogP contribution in [0.15, 0.2) is 22.7 Å². The molecule has 0 aliphatic carbocycles. The predicted octanol–water partition coefficient (Wildman–Crippen LogP) is 4.02. The van der Waals surface area contributed by atoms with Crippen molar-refractivity contribution in [1.82, 2.24) is 4.90 Å². The summed E-state index contributed by atoms with van der Waals surface area (Å²) >= 11 is 20.6. The summed E-state index contributed by atoms with van der Waals surface area (Å²) in [7, 11) is 0. The third-order valence-corrected chi connectivity index (χ3v) is 3.32. The molecule has 0 heterocycles. The van der Waals surface area contributed by atoms with Crippen LogP contribution in [0, 0.1) is 0 Å². The molecule has 0 aromatic heterocycles. The third kappa shape index (κ3) is 4.32. The second-order valence-corrected chi connectivity index (χ2v) is 5.37. The van der Waals surface area contributed by atoms with E-state index in [0.29, 0.717) is 35.4 Å². The van der Waals surface area contributed by atoms with Crippen LogP contribution < -0.4 is 0 Å².